The van der Waals surface area contributed by atoms with Crippen LogP contribution in [0.3, 0.4) is 0 Å². The van der Waals surface area contributed by atoms with Gasteiger partial charge in [-0.2, -0.15) is 0 Å². The first-order valence-electron chi connectivity index (χ1n) is 7.03. The Labute approximate surface area is 122 Å². The number of furan rings is 1. The molecule has 0 aromatic carbocycles. The molecule has 2 heterocycles. The van der Waals surface area contributed by atoms with Crippen LogP contribution in [0, 0.1) is 0 Å². The van der Waals surface area contributed by atoms with E-state index >= 15 is 0 Å². The van der Waals surface area contributed by atoms with Crippen molar-refractivity contribution in [1.82, 2.24) is 9.80 Å². The van der Waals surface area contributed by atoms with Gasteiger partial charge in [0.15, 0.2) is 0 Å². The minimum absolute atomic E-state index is 0.0390. The Kier molecular flexibility index (Phi) is 5.35. The van der Waals surface area contributed by atoms with Crippen LogP contribution in [0.5, 0.6) is 0 Å². The second-order valence-electron chi connectivity index (χ2n) is 5.19. The molecule has 2 rings (SSSR count). The summed E-state index contributed by atoms with van der Waals surface area (Å²) in [4.78, 5) is 25.7. The molecule has 1 aromatic rings. The van der Waals surface area contributed by atoms with Crippen molar-refractivity contribution in [1.29, 1.82) is 0 Å². The maximum atomic E-state index is 10.8. The van der Waals surface area contributed by atoms with Crippen LogP contribution in [-0.2, 0) is 11.3 Å². The maximum absolute atomic E-state index is 10.8. The van der Waals surface area contributed by atoms with Crippen LogP contribution in [0.15, 0.2) is 16.5 Å². The summed E-state index contributed by atoms with van der Waals surface area (Å²) in [5, 5.41) is 17.5. The van der Waals surface area contributed by atoms with Gasteiger partial charge in [0.2, 0.25) is 5.76 Å². The van der Waals surface area contributed by atoms with E-state index in [2.05, 4.69) is 9.80 Å². The van der Waals surface area contributed by atoms with Crippen LogP contribution in [0.2, 0.25) is 0 Å². The van der Waals surface area contributed by atoms with Gasteiger partial charge in [0, 0.05) is 19.6 Å². The predicted octanol–water partition coefficient (Wildman–Crippen LogP) is 0.960. The highest BCUT2D eigenvalue weighted by atomic mass is 16.4. The molecule has 1 fully saturated rings. The first kappa shape index (κ1) is 15.5. The average Bonchev–Trinajstić information content (AvgIpc) is 2.77. The molecule has 0 radical (unpaired) electrons. The summed E-state index contributed by atoms with van der Waals surface area (Å²) in [6, 6.07) is 3.16. The Morgan fingerprint density at radius 3 is 2.48 bits per heavy atom. The van der Waals surface area contributed by atoms with Gasteiger partial charge < -0.3 is 19.5 Å². The van der Waals surface area contributed by atoms with Crippen molar-refractivity contribution in [3.63, 3.8) is 0 Å². The Morgan fingerprint density at radius 1 is 1.10 bits per heavy atom. The van der Waals surface area contributed by atoms with Crippen molar-refractivity contribution in [2.45, 2.75) is 19.4 Å². The summed E-state index contributed by atoms with van der Waals surface area (Å²) in [5.74, 6) is -1.22. The molecule has 7 heteroatoms. The number of aromatic carboxylic acids is 1. The van der Waals surface area contributed by atoms with Crippen LogP contribution in [0.4, 0.5) is 0 Å². The Morgan fingerprint density at radius 2 is 1.81 bits per heavy atom. The molecule has 0 amide bonds. The third-order valence-electron chi connectivity index (χ3n) is 3.57. The van der Waals surface area contributed by atoms with Crippen LogP contribution in [0.25, 0.3) is 0 Å². The van der Waals surface area contributed by atoms with E-state index in [1.807, 2.05) is 0 Å². The fraction of sp³-hybridized carbons (Fsp3) is 0.571. The number of rotatable bonds is 6. The van der Waals surface area contributed by atoms with Gasteiger partial charge in [-0.05, 0) is 31.6 Å². The molecule has 0 aliphatic carbocycles. The zero-order chi connectivity index (χ0) is 15.2. The van der Waals surface area contributed by atoms with Crippen LogP contribution < -0.4 is 0 Å². The van der Waals surface area contributed by atoms with Crippen molar-refractivity contribution in [2.24, 2.45) is 0 Å². The van der Waals surface area contributed by atoms with Gasteiger partial charge in [-0.25, -0.2) is 4.79 Å². The number of carbonyl (C=O) groups is 2. The van der Waals surface area contributed by atoms with E-state index in [4.69, 9.17) is 14.6 Å². The van der Waals surface area contributed by atoms with Crippen LogP contribution in [0.1, 0.15) is 29.2 Å². The minimum atomic E-state index is -1.06. The average molecular weight is 296 g/mol. The van der Waals surface area contributed by atoms with Crippen molar-refractivity contribution >= 4 is 11.9 Å². The van der Waals surface area contributed by atoms with Crippen molar-refractivity contribution in [2.75, 3.05) is 32.7 Å². The molecule has 0 atom stereocenters. The number of hydrogen-bond acceptors (Lipinski definition) is 5. The number of nitrogens with zero attached hydrogens (tertiary/aromatic N) is 2. The number of carboxylic acids is 2. The van der Waals surface area contributed by atoms with Gasteiger partial charge in [0.1, 0.15) is 5.76 Å². The number of carboxylic acid groups (broad SMARTS) is 2. The van der Waals surface area contributed by atoms with Gasteiger partial charge in [-0.1, -0.05) is 0 Å². The Bertz CT molecular complexity index is 499. The van der Waals surface area contributed by atoms with Gasteiger partial charge in [-0.15, -0.1) is 0 Å². The fourth-order valence-electron chi connectivity index (χ4n) is 2.46. The number of aliphatic carboxylic acids is 1. The summed E-state index contributed by atoms with van der Waals surface area (Å²) in [6.45, 7) is 4.59. The normalized spacial score (nSPS) is 17.5. The molecule has 1 saturated heterocycles. The molecule has 116 valence electrons. The molecule has 1 aliphatic rings. The van der Waals surface area contributed by atoms with Gasteiger partial charge in [-0.3, -0.25) is 9.69 Å². The lowest BCUT2D eigenvalue weighted by atomic mass is 10.3. The number of hydrogen-bond donors (Lipinski definition) is 2. The predicted molar refractivity (Wildman–Crippen MR) is 74.3 cm³/mol. The first-order chi connectivity index (χ1) is 10.0. The first-order valence-corrected chi connectivity index (χ1v) is 7.03. The van der Waals surface area contributed by atoms with Crippen molar-refractivity contribution in [3.05, 3.63) is 23.7 Å². The lowest BCUT2D eigenvalue weighted by molar-refractivity contribution is -0.137. The summed E-state index contributed by atoms with van der Waals surface area (Å²) >= 11 is 0. The van der Waals surface area contributed by atoms with Gasteiger partial charge in [0.05, 0.1) is 13.0 Å². The second-order valence-corrected chi connectivity index (χ2v) is 5.19. The lowest BCUT2D eigenvalue weighted by Crippen LogP contribution is -2.31. The molecule has 7 nitrogen and oxygen atoms in total. The largest absolute Gasteiger partial charge is 0.481 e. The van der Waals surface area contributed by atoms with E-state index < -0.39 is 11.9 Å². The molecule has 0 unspecified atom stereocenters. The van der Waals surface area contributed by atoms with Crippen LogP contribution in [-0.4, -0.2) is 64.7 Å². The lowest BCUT2D eigenvalue weighted by Gasteiger charge is -2.20. The minimum Gasteiger partial charge on any atom is -0.481 e. The molecule has 1 aliphatic heterocycles. The monoisotopic (exact) mass is 296 g/mol. The summed E-state index contributed by atoms with van der Waals surface area (Å²) in [5.41, 5.74) is 0. The molecule has 1 aromatic heterocycles. The molecule has 0 bridgehead atoms. The fourth-order valence-corrected chi connectivity index (χ4v) is 2.46. The molecule has 0 saturated carbocycles. The van der Waals surface area contributed by atoms with Crippen LogP contribution >= 0.6 is 0 Å². The second kappa shape index (κ2) is 7.24. The standard InChI is InChI=1S/C14H20N2O5/c17-13(18)4-7-15-5-1-6-16(9-8-15)10-11-2-3-12(21-11)14(19)20/h2-3H,1,4-10H2,(H,17,18)(H,19,20). The smallest absolute Gasteiger partial charge is 0.371 e. The summed E-state index contributed by atoms with van der Waals surface area (Å²) in [7, 11) is 0. The van der Waals surface area contributed by atoms with E-state index in [-0.39, 0.29) is 12.2 Å². The Balaban J connectivity index is 1.82. The van der Waals surface area contributed by atoms with Gasteiger partial charge >= 0.3 is 11.9 Å². The zero-order valence-corrected chi connectivity index (χ0v) is 11.8. The summed E-state index contributed by atoms with van der Waals surface area (Å²) in [6.07, 6.45) is 1.13. The van der Waals surface area contributed by atoms with E-state index in [1.165, 1.54) is 6.07 Å². The highest BCUT2D eigenvalue weighted by Gasteiger charge is 2.17. The SMILES string of the molecule is O=C(O)CCN1CCCN(Cc2ccc(C(=O)O)o2)CC1. The van der Waals surface area contributed by atoms with Crippen molar-refractivity contribution < 1.29 is 24.2 Å². The molecule has 0 spiro atoms. The molecular weight excluding hydrogens is 276 g/mol. The topological polar surface area (TPSA) is 94.2 Å². The Hall–Kier alpha value is -1.86. The third-order valence-corrected chi connectivity index (χ3v) is 3.57. The highest BCUT2D eigenvalue weighted by molar-refractivity contribution is 5.84. The van der Waals surface area contributed by atoms with E-state index in [0.717, 1.165) is 32.6 Å². The van der Waals surface area contributed by atoms with E-state index in [0.29, 0.717) is 18.8 Å². The maximum Gasteiger partial charge on any atom is 0.371 e. The van der Waals surface area contributed by atoms with Gasteiger partial charge in [0.25, 0.3) is 0 Å². The summed E-state index contributed by atoms with van der Waals surface area (Å²) < 4.78 is 5.26. The zero-order valence-electron chi connectivity index (χ0n) is 11.8. The van der Waals surface area contributed by atoms with E-state index in [1.54, 1.807) is 6.07 Å². The quantitative estimate of drug-likeness (QED) is 0.807. The third kappa shape index (κ3) is 4.87. The molecule has 21 heavy (non-hydrogen) atoms. The molecule has 2 N–H and O–H groups in total. The highest BCUT2D eigenvalue weighted by Crippen LogP contribution is 2.13. The molecular formula is C14H20N2O5. The van der Waals surface area contributed by atoms with Crippen molar-refractivity contribution in [3.8, 4) is 0 Å². The van der Waals surface area contributed by atoms with E-state index in [9.17, 15) is 9.59 Å².